The van der Waals surface area contributed by atoms with Gasteiger partial charge in [0.25, 0.3) is 5.69 Å². The van der Waals surface area contributed by atoms with Gasteiger partial charge in [-0.05, 0) is 42.2 Å². The Morgan fingerprint density at radius 3 is 2.42 bits per heavy atom. The van der Waals surface area contributed by atoms with E-state index in [1.807, 2.05) is 24.3 Å². The zero-order chi connectivity index (χ0) is 22.3. The van der Waals surface area contributed by atoms with Gasteiger partial charge in [-0.15, -0.1) is 24.0 Å². The van der Waals surface area contributed by atoms with E-state index in [-0.39, 0.29) is 59.3 Å². The monoisotopic (exact) mass is 561 g/mol. The minimum Gasteiger partial charge on any atom is -0.378 e. The van der Waals surface area contributed by atoms with Crippen molar-refractivity contribution in [2.24, 2.45) is 10.7 Å². The molecule has 1 atom stereocenters. The Bertz CT molecular complexity index is 1030. The van der Waals surface area contributed by atoms with Crippen LogP contribution in [-0.2, 0) is 9.84 Å². The first-order valence-corrected chi connectivity index (χ1v) is 11.4. The number of benzene rings is 2. The van der Waals surface area contributed by atoms with Crippen LogP contribution in [0.2, 0.25) is 0 Å². The van der Waals surface area contributed by atoms with Crippen LogP contribution in [0.25, 0.3) is 0 Å². The third-order valence-electron chi connectivity index (χ3n) is 4.67. The second kappa shape index (κ2) is 11.8. The summed E-state index contributed by atoms with van der Waals surface area (Å²) in [6.07, 6.45) is 2.07. The number of rotatable bonds is 9. The van der Waals surface area contributed by atoms with Crippen LogP contribution in [-0.4, -0.2) is 38.6 Å². The first-order valence-electron chi connectivity index (χ1n) is 9.51. The number of halogens is 1. The van der Waals surface area contributed by atoms with Crippen molar-refractivity contribution in [3.63, 3.8) is 0 Å². The van der Waals surface area contributed by atoms with E-state index >= 15 is 0 Å². The van der Waals surface area contributed by atoms with Gasteiger partial charge in [0.2, 0.25) is 0 Å². The average molecular weight is 561 g/mol. The summed E-state index contributed by atoms with van der Waals surface area (Å²) in [6.45, 7) is 4.87. The molecule has 0 spiro atoms. The molecule has 0 saturated carbocycles. The fourth-order valence-electron chi connectivity index (χ4n) is 2.73. The van der Waals surface area contributed by atoms with Crippen molar-refractivity contribution in [3.05, 3.63) is 58.1 Å². The highest BCUT2D eigenvalue weighted by Gasteiger charge is 2.18. The van der Waals surface area contributed by atoms with Crippen LogP contribution in [0.15, 0.2) is 52.4 Å². The van der Waals surface area contributed by atoms with Gasteiger partial charge in [-0.3, -0.25) is 15.1 Å². The number of sulfone groups is 1. The maximum atomic E-state index is 11.6. The van der Waals surface area contributed by atoms with Crippen molar-refractivity contribution in [1.82, 2.24) is 0 Å². The number of anilines is 2. The molecule has 170 valence electrons. The summed E-state index contributed by atoms with van der Waals surface area (Å²) in [5, 5.41) is 17.1. The molecular formula is C20H28IN5O4S. The van der Waals surface area contributed by atoms with Gasteiger partial charge in [0.15, 0.2) is 15.8 Å². The smallest absolute Gasteiger partial charge is 0.293 e. The lowest BCUT2D eigenvalue weighted by Crippen LogP contribution is -2.23. The lowest BCUT2D eigenvalue weighted by molar-refractivity contribution is -0.384. The first kappa shape index (κ1) is 26.6. The summed E-state index contributed by atoms with van der Waals surface area (Å²) in [5.74, 6) is 0.724. The molecule has 0 heterocycles. The number of nitro groups is 1. The van der Waals surface area contributed by atoms with E-state index in [0.717, 1.165) is 24.4 Å². The van der Waals surface area contributed by atoms with Crippen LogP contribution < -0.4 is 16.4 Å². The topological polar surface area (TPSA) is 140 Å². The van der Waals surface area contributed by atoms with E-state index in [1.54, 1.807) is 0 Å². The SMILES string of the molecule is CCC(C)c1ccc(NC(N)=NCCNc2ccc(S(C)(=O)=O)cc2[N+](=O)[O-])cc1.I. The maximum absolute atomic E-state index is 11.6. The van der Waals surface area contributed by atoms with E-state index in [1.165, 1.54) is 17.7 Å². The number of aliphatic imine (C=N–C) groups is 1. The Hall–Kier alpha value is -2.41. The number of guanidine groups is 1. The number of nitrogens with one attached hydrogen (secondary N) is 2. The van der Waals surface area contributed by atoms with Gasteiger partial charge in [-0.25, -0.2) is 8.42 Å². The van der Waals surface area contributed by atoms with Gasteiger partial charge in [0.1, 0.15) is 5.69 Å². The number of nitrogens with two attached hydrogens (primary N) is 1. The number of hydrogen-bond donors (Lipinski definition) is 3. The van der Waals surface area contributed by atoms with Gasteiger partial charge in [-0.1, -0.05) is 26.0 Å². The standard InChI is InChI=1S/C20H27N5O4S.HI/c1-4-14(2)15-5-7-16(8-6-15)24-20(21)23-12-11-22-18-10-9-17(30(3,28)29)13-19(18)25(26)27;/h5-10,13-14,22H,4,11-12H2,1-3H3,(H3,21,23,24);1H. The van der Waals surface area contributed by atoms with Crippen LogP contribution in [0.4, 0.5) is 17.1 Å². The van der Waals surface area contributed by atoms with Crippen LogP contribution in [0, 0.1) is 10.1 Å². The molecule has 0 bridgehead atoms. The molecule has 0 aliphatic rings. The molecule has 0 saturated heterocycles. The zero-order valence-corrected chi connectivity index (χ0v) is 20.8. The minimum atomic E-state index is -3.53. The Labute approximate surface area is 199 Å². The van der Waals surface area contributed by atoms with Crippen molar-refractivity contribution < 1.29 is 13.3 Å². The van der Waals surface area contributed by atoms with Crippen molar-refractivity contribution in [1.29, 1.82) is 0 Å². The molecule has 0 amide bonds. The van der Waals surface area contributed by atoms with E-state index < -0.39 is 14.8 Å². The highest BCUT2D eigenvalue weighted by Crippen LogP contribution is 2.27. The zero-order valence-electron chi connectivity index (χ0n) is 17.7. The number of nitro benzene ring substituents is 1. The molecule has 0 aliphatic heterocycles. The molecule has 2 aromatic carbocycles. The summed E-state index contributed by atoms with van der Waals surface area (Å²) in [7, 11) is -3.53. The molecule has 0 aromatic heterocycles. The van der Waals surface area contributed by atoms with Crippen molar-refractivity contribution in [3.8, 4) is 0 Å². The van der Waals surface area contributed by atoms with Gasteiger partial charge < -0.3 is 16.4 Å². The molecule has 4 N–H and O–H groups in total. The molecule has 11 heteroatoms. The molecule has 0 aliphatic carbocycles. The largest absolute Gasteiger partial charge is 0.378 e. The third kappa shape index (κ3) is 7.98. The molecule has 2 aromatic rings. The van der Waals surface area contributed by atoms with Crippen LogP contribution in [0.3, 0.4) is 0 Å². The molecular weight excluding hydrogens is 533 g/mol. The Morgan fingerprint density at radius 1 is 1.23 bits per heavy atom. The van der Waals surface area contributed by atoms with E-state index in [9.17, 15) is 18.5 Å². The summed E-state index contributed by atoms with van der Waals surface area (Å²) in [5.41, 5.74) is 7.88. The van der Waals surface area contributed by atoms with Gasteiger partial charge >= 0.3 is 0 Å². The Balaban J connectivity index is 0.00000480. The Kier molecular flexibility index (Phi) is 10.2. The van der Waals surface area contributed by atoms with Crippen LogP contribution in [0.1, 0.15) is 31.7 Å². The van der Waals surface area contributed by atoms with Gasteiger partial charge in [0.05, 0.1) is 16.4 Å². The fraction of sp³-hybridized carbons (Fsp3) is 0.350. The van der Waals surface area contributed by atoms with Gasteiger partial charge in [-0.2, -0.15) is 0 Å². The molecule has 0 radical (unpaired) electrons. The number of nitrogens with zero attached hydrogens (tertiary/aromatic N) is 2. The molecule has 2 rings (SSSR count). The highest BCUT2D eigenvalue weighted by molar-refractivity contribution is 14.0. The van der Waals surface area contributed by atoms with E-state index in [0.29, 0.717) is 5.92 Å². The minimum absolute atomic E-state index is 0. The van der Waals surface area contributed by atoms with Gasteiger partial charge in [0, 0.05) is 24.6 Å². The molecule has 0 fully saturated rings. The van der Waals surface area contributed by atoms with Crippen LogP contribution >= 0.6 is 24.0 Å². The molecule has 9 nitrogen and oxygen atoms in total. The maximum Gasteiger partial charge on any atom is 0.293 e. The van der Waals surface area contributed by atoms with E-state index in [2.05, 4.69) is 29.5 Å². The van der Waals surface area contributed by atoms with Crippen molar-refractivity contribution in [2.75, 3.05) is 30.0 Å². The second-order valence-corrected chi connectivity index (χ2v) is 8.97. The predicted octanol–water partition coefficient (Wildman–Crippen LogP) is 3.97. The van der Waals surface area contributed by atoms with Crippen molar-refractivity contribution in [2.45, 2.75) is 31.1 Å². The summed E-state index contributed by atoms with van der Waals surface area (Å²) in [6, 6.07) is 11.7. The second-order valence-electron chi connectivity index (χ2n) is 6.96. The highest BCUT2D eigenvalue weighted by atomic mass is 127. The molecule has 31 heavy (non-hydrogen) atoms. The van der Waals surface area contributed by atoms with Crippen molar-refractivity contribution >= 4 is 56.8 Å². The summed E-state index contributed by atoms with van der Waals surface area (Å²) < 4.78 is 23.2. The first-order chi connectivity index (χ1) is 14.1. The predicted molar refractivity (Wildman–Crippen MR) is 135 cm³/mol. The average Bonchev–Trinajstić information content (AvgIpc) is 2.70. The summed E-state index contributed by atoms with van der Waals surface area (Å²) >= 11 is 0. The van der Waals surface area contributed by atoms with E-state index in [4.69, 9.17) is 5.73 Å². The lowest BCUT2D eigenvalue weighted by Gasteiger charge is -2.11. The quantitative estimate of drug-likeness (QED) is 0.105. The fourth-order valence-corrected chi connectivity index (χ4v) is 3.37. The lowest BCUT2D eigenvalue weighted by atomic mass is 9.99. The normalized spacial score (nSPS) is 12.5. The summed E-state index contributed by atoms with van der Waals surface area (Å²) in [4.78, 5) is 14.7. The molecule has 1 unspecified atom stereocenters. The number of hydrogen-bond acceptors (Lipinski definition) is 6. The van der Waals surface area contributed by atoms with Crippen LogP contribution in [0.5, 0.6) is 0 Å². The Morgan fingerprint density at radius 2 is 1.87 bits per heavy atom. The third-order valence-corrected chi connectivity index (χ3v) is 5.78.